The minimum atomic E-state index is -0.0561. The highest BCUT2D eigenvalue weighted by atomic mass is 79.9. The fraction of sp³-hybridized carbons (Fsp3) is 0.929. The van der Waals surface area contributed by atoms with E-state index in [4.69, 9.17) is 0 Å². The Labute approximate surface area is 114 Å². The first-order valence-electron chi connectivity index (χ1n) is 6.92. The Balaban J connectivity index is 2.62. The van der Waals surface area contributed by atoms with Crippen molar-refractivity contribution in [3.63, 3.8) is 0 Å². The average molecular weight is 304 g/mol. The van der Waals surface area contributed by atoms with Gasteiger partial charge in [-0.25, -0.2) is 0 Å². The highest BCUT2D eigenvalue weighted by molar-refractivity contribution is 9.09. The second-order valence-corrected chi connectivity index (χ2v) is 6.44. The van der Waals surface area contributed by atoms with Gasteiger partial charge in [-0.2, -0.15) is 0 Å². The van der Waals surface area contributed by atoms with Crippen LogP contribution in [0.5, 0.6) is 0 Å². The van der Waals surface area contributed by atoms with Gasteiger partial charge in [-0.1, -0.05) is 49.5 Å². The zero-order valence-corrected chi connectivity index (χ0v) is 13.0. The molecule has 1 saturated carbocycles. The Morgan fingerprint density at radius 2 is 1.94 bits per heavy atom. The summed E-state index contributed by atoms with van der Waals surface area (Å²) in [6, 6.07) is 0.311. The van der Waals surface area contributed by atoms with Crippen LogP contribution in [0.15, 0.2) is 0 Å². The summed E-state index contributed by atoms with van der Waals surface area (Å²) < 4.78 is 0. The maximum atomic E-state index is 12.5. The molecule has 0 radical (unpaired) electrons. The van der Waals surface area contributed by atoms with Crippen LogP contribution >= 0.6 is 15.9 Å². The average Bonchev–Trinajstić information content (AvgIpc) is 2.78. The number of alkyl halides is 1. The van der Waals surface area contributed by atoms with E-state index in [1.165, 1.54) is 12.8 Å². The first-order valence-corrected chi connectivity index (χ1v) is 8.05. The maximum Gasteiger partial charge on any atom is 0.226 e. The molecule has 0 bridgehead atoms. The number of carbonyl (C=O) groups is 1. The normalized spacial score (nSPS) is 20.5. The van der Waals surface area contributed by atoms with Crippen molar-refractivity contribution in [3.05, 3.63) is 0 Å². The molecule has 0 aliphatic heterocycles. The van der Waals surface area contributed by atoms with Crippen LogP contribution in [-0.4, -0.2) is 17.3 Å². The number of hydrogen-bond acceptors (Lipinski definition) is 1. The molecule has 1 fully saturated rings. The SMILES string of the molecule is CCC1(C(=O)NC(CCBr)C(C)C)CCCC1. The van der Waals surface area contributed by atoms with E-state index in [9.17, 15) is 4.79 Å². The van der Waals surface area contributed by atoms with Gasteiger partial charge < -0.3 is 5.32 Å². The van der Waals surface area contributed by atoms with Gasteiger partial charge in [0.1, 0.15) is 0 Å². The Bertz CT molecular complexity index is 247. The number of halogens is 1. The molecule has 1 N–H and O–H groups in total. The third-order valence-electron chi connectivity index (χ3n) is 4.26. The van der Waals surface area contributed by atoms with Gasteiger partial charge in [-0.15, -0.1) is 0 Å². The van der Waals surface area contributed by atoms with Crippen LogP contribution in [0.25, 0.3) is 0 Å². The molecule has 1 unspecified atom stereocenters. The molecule has 1 rings (SSSR count). The van der Waals surface area contributed by atoms with Crippen molar-refractivity contribution >= 4 is 21.8 Å². The molecule has 0 aromatic heterocycles. The van der Waals surface area contributed by atoms with E-state index in [0.717, 1.165) is 31.0 Å². The number of rotatable bonds is 6. The summed E-state index contributed by atoms with van der Waals surface area (Å²) in [6.07, 6.45) is 6.59. The lowest BCUT2D eigenvalue weighted by Crippen LogP contribution is -2.46. The number of carbonyl (C=O) groups excluding carboxylic acids is 1. The van der Waals surface area contributed by atoms with Gasteiger partial charge in [-0.05, 0) is 31.6 Å². The second kappa shape index (κ2) is 6.77. The molecule has 0 aromatic carbocycles. The number of nitrogens with one attached hydrogen (secondary N) is 1. The summed E-state index contributed by atoms with van der Waals surface area (Å²) in [5, 5.41) is 4.24. The molecule has 1 aliphatic carbocycles. The predicted octanol–water partition coefficient (Wildman–Crippen LogP) is 3.88. The minimum Gasteiger partial charge on any atom is -0.353 e. The molecule has 1 aliphatic rings. The van der Waals surface area contributed by atoms with Crippen molar-refractivity contribution in [2.24, 2.45) is 11.3 Å². The monoisotopic (exact) mass is 303 g/mol. The third-order valence-corrected chi connectivity index (χ3v) is 4.72. The molecule has 0 heterocycles. The highest BCUT2D eigenvalue weighted by Gasteiger charge is 2.40. The molecule has 17 heavy (non-hydrogen) atoms. The number of hydrogen-bond donors (Lipinski definition) is 1. The van der Waals surface area contributed by atoms with Gasteiger partial charge in [0.25, 0.3) is 0 Å². The predicted molar refractivity (Wildman–Crippen MR) is 76.4 cm³/mol. The molecule has 2 nitrogen and oxygen atoms in total. The zero-order valence-electron chi connectivity index (χ0n) is 11.4. The molecule has 1 atom stereocenters. The Hall–Kier alpha value is -0.0500. The molecule has 0 spiro atoms. The lowest BCUT2D eigenvalue weighted by Gasteiger charge is -2.30. The van der Waals surface area contributed by atoms with E-state index in [-0.39, 0.29) is 5.41 Å². The summed E-state index contributed by atoms with van der Waals surface area (Å²) in [6.45, 7) is 6.52. The van der Waals surface area contributed by atoms with Crippen molar-refractivity contribution in [3.8, 4) is 0 Å². The molecule has 1 amide bonds. The molecule has 0 aromatic rings. The first-order chi connectivity index (χ1) is 8.05. The van der Waals surface area contributed by atoms with Crippen LogP contribution in [0.1, 0.15) is 59.3 Å². The summed E-state index contributed by atoms with van der Waals surface area (Å²) in [7, 11) is 0. The largest absolute Gasteiger partial charge is 0.353 e. The van der Waals surface area contributed by atoms with E-state index < -0.39 is 0 Å². The van der Waals surface area contributed by atoms with Gasteiger partial charge in [0.15, 0.2) is 0 Å². The fourth-order valence-electron chi connectivity index (χ4n) is 2.80. The Morgan fingerprint density at radius 1 is 1.35 bits per heavy atom. The van der Waals surface area contributed by atoms with Gasteiger partial charge in [0.2, 0.25) is 5.91 Å². The topological polar surface area (TPSA) is 29.1 Å². The third kappa shape index (κ3) is 3.70. The first kappa shape index (κ1) is 15.0. The van der Waals surface area contributed by atoms with Crippen molar-refractivity contribution in [2.75, 3.05) is 5.33 Å². The van der Waals surface area contributed by atoms with Gasteiger partial charge in [0, 0.05) is 16.8 Å². The highest BCUT2D eigenvalue weighted by Crippen LogP contribution is 2.41. The summed E-state index contributed by atoms with van der Waals surface area (Å²) in [5.41, 5.74) is -0.0561. The van der Waals surface area contributed by atoms with Crippen LogP contribution in [0.2, 0.25) is 0 Å². The minimum absolute atomic E-state index is 0.0561. The zero-order chi connectivity index (χ0) is 12.9. The summed E-state index contributed by atoms with van der Waals surface area (Å²) in [5.74, 6) is 0.809. The van der Waals surface area contributed by atoms with Gasteiger partial charge in [0.05, 0.1) is 0 Å². The van der Waals surface area contributed by atoms with E-state index in [2.05, 4.69) is 42.0 Å². The smallest absolute Gasteiger partial charge is 0.226 e. The van der Waals surface area contributed by atoms with E-state index in [1.807, 2.05) is 0 Å². The second-order valence-electron chi connectivity index (χ2n) is 5.64. The fourth-order valence-corrected chi connectivity index (χ4v) is 3.30. The van der Waals surface area contributed by atoms with Crippen LogP contribution < -0.4 is 5.32 Å². The van der Waals surface area contributed by atoms with Crippen LogP contribution in [0.4, 0.5) is 0 Å². The summed E-state index contributed by atoms with van der Waals surface area (Å²) >= 11 is 3.47. The van der Waals surface area contributed by atoms with E-state index >= 15 is 0 Å². The molecular formula is C14H26BrNO. The molecule has 0 saturated heterocycles. The van der Waals surface area contributed by atoms with Gasteiger partial charge in [-0.3, -0.25) is 4.79 Å². The quantitative estimate of drug-likeness (QED) is 0.741. The lowest BCUT2D eigenvalue weighted by molar-refractivity contribution is -0.132. The standard InChI is InChI=1S/C14H26BrNO/c1-4-14(8-5-6-9-14)13(17)16-12(7-10-15)11(2)3/h11-12H,4-10H2,1-3H3,(H,16,17). The van der Waals surface area contributed by atoms with Crippen LogP contribution in [0, 0.1) is 11.3 Å². The van der Waals surface area contributed by atoms with E-state index in [0.29, 0.717) is 17.9 Å². The maximum absolute atomic E-state index is 12.5. The molecule has 3 heteroatoms. The number of amides is 1. The molecular weight excluding hydrogens is 278 g/mol. The summed E-state index contributed by atoms with van der Waals surface area (Å²) in [4.78, 5) is 12.5. The van der Waals surface area contributed by atoms with Crippen molar-refractivity contribution < 1.29 is 4.79 Å². The molecule has 100 valence electrons. The van der Waals surface area contributed by atoms with Gasteiger partial charge >= 0.3 is 0 Å². The van der Waals surface area contributed by atoms with E-state index in [1.54, 1.807) is 0 Å². The lowest BCUT2D eigenvalue weighted by atomic mass is 9.82. The van der Waals surface area contributed by atoms with Crippen molar-refractivity contribution in [1.82, 2.24) is 5.32 Å². The Morgan fingerprint density at radius 3 is 2.35 bits per heavy atom. The Kier molecular flexibility index (Phi) is 5.98. The van der Waals surface area contributed by atoms with Crippen molar-refractivity contribution in [2.45, 2.75) is 65.3 Å². The van der Waals surface area contributed by atoms with Crippen LogP contribution in [0.3, 0.4) is 0 Å². The van der Waals surface area contributed by atoms with Crippen LogP contribution in [-0.2, 0) is 4.79 Å². The van der Waals surface area contributed by atoms with Crippen molar-refractivity contribution in [1.29, 1.82) is 0 Å².